The van der Waals surface area contributed by atoms with E-state index < -0.39 is 11.6 Å². The van der Waals surface area contributed by atoms with Crippen LogP contribution in [0.25, 0.3) is 0 Å². The van der Waals surface area contributed by atoms with Gasteiger partial charge in [-0.1, -0.05) is 6.92 Å². The summed E-state index contributed by atoms with van der Waals surface area (Å²) in [5.74, 6) is -0.988. The number of hydrogen-bond acceptors (Lipinski definition) is 3. The number of carbonyl (C=O) groups is 2. The number of urea groups is 1. The second-order valence-corrected chi connectivity index (χ2v) is 5.14. The number of carbonyl (C=O) groups excluding carboxylic acids is 1. The Bertz CT molecular complexity index is 326. The van der Waals surface area contributed by atoms with Gasteiger partial charge in [-0.15, -0.1) is 0 Å². The van der Waals surface area contributed by atoms with Crippen molar-refractivity contribution in [3.05, 3.63) is 0 Å². The van der Waals surface area contributed by atoms with Crippen LogP contribution in [-0.2, 0) is 9.53 Å². The van der Waals surface area contributed by atoms with Gasteiger partial charge < -0.3 is 19.6 Å². The van der Waals surface area contributed by atoms with Gasteiger partial charge in [-0.3, -0.25) is 0 Å². The molecule has 1 aliphatic heterocycles. The lowest BCUT2D eigenvalue weighted by Gasteiger charge is -2.48. The first-order valence-electron chi connectivity index (χ1n) is 6.16. The van der Waals surface area contributed by atoms with E-state index in [0.29, 0.717) is 13.1 Å². The highest BCUT2D eigenvalue weighted by atomic mass is 16.5. The second-order valence-electron chi connectivity index (χ2n) is 5.14. The molecule has 0 aromatic heterocycles. The lowest BCUT2D eigenvalue weighted by molar-refractivity contribution is -0.160. The van der Waals surface area contributed by atoms with E-state index in [1.165, 1.54) is 0 Å². The minimum atomic E-state index is -0.988. The van der Waals surface area contributed by atoms with Gasteiger partial charge in [0.15, 0.2) is 0 Å². The maximum atomic E-state index is 12.0. The van der Waals surface area contributed by atoms with E-state index in [1.54, 1.807) is 16.8 Å². The molecule has 1 atom stereocenters. The summed E-state index contributed by atoms with van der Waals surface area (Å²) in [4.78, 5) is 25.8. The van der Waals surface area contributed by atoms with Crippen LogP contribution >= 0.6 is 0 Å². The predicted octanol–water partition coefficient (Wildman–Crippen LogP) is 1.01. The zero-order chi connectivity index (χ0) is 13.9. The first-order chi connectivity index (χ1) is 8.29. The summed E-state index contributed by atoms with van der Waals surface area (Å²) in [5, 5.41) is 8.55. The van der Waals surface area contributed by atoms with Gasteiger partial charge in [0, 0.05) is 13.1 Å². The molecule has 2 amide bonds. The van der Waals surface area contributed by atoms with Gasteiger partial charge in [-0.25, -0.2) is 9.59 Å². The summed E-state index contributed by atoms with van der Waals surface area (Å²) in [7, 11) is 1.78. The van der Waals surface area contributed by atoms with E-state index in [9.17, 15) is 9.59 Å². The van der Waals surface area contributed by atoms with E-state index >= 15 is 0 Å². The van der Waals surface area contributed by atoms with Crippen molar-refractivity contribution in [2.45, 2.75) is 38.8 Å². The van der Waals surface area contributed by atoms with Gasteiger partial charge in [-0.2, -0.15) is 0 Å². The van der Waals surface area contributed by atoms with Crippen LogP contribution in [0.1, 0.15) is 27.2 Å². The average Bonchev–Trinajstić information content (AvgIpc) is 2.30. The third-order valence-electron chi connectivity index (χ3n) is 3.42. The summed E-state index contributed by atoms with van der Waals surface area (Å²) in [5.41, 5.74) is -0.523. The molecule has 0 bridgehead atoms. The lowest BCUT2D eigenvalue weighted by atomic mass is 9.97. The second kappa shape index (κ2) is 5.56. The summed E-state index contributed by atoms with van der Waals surface area (Å²) in [6, 6.07) is 0.171. The Morgan fingerprint density at radius 3 is 2.50 bits per heavy atom. The van der Waals surface area contributed by atoms with E-state index in [0.717, 1.165) is 6.42 Å². The smallest absolute Gasteiger partial charge is 0.329 e. The topological polar surface area (TPSA) is 70.1 Å². The molecule has 104 valence electrons. The summed E-state index contributed by atoms with van der Waals surface area (Å²) >= 11 is 0. The first-order valence-corrected chi connectivity index (χ1v) is 6.16. The van der Waals surface area contributed by atoms with Gasteiger partial charge in [0.2, 0.25) is 0 Å². The Hall–Kier alpha value is -1.30. The normalized spacial score (nSPS) is 19.0. The molecule has 0 spiro atoms. The Morgan fingerprint density at radius 1 is 1.50 bits per heavy atom. The highest BCUT2D eigenvalue weighted by Gasteiger charge is 2.43. The maximum Gasteiger partial charge on any atom is 0.329 e. The molecule has 0 aliphatic carbocycles. The maximum absolute atomic E-state index is 12.0. The molecule has 1 unspecified atom stereocenters. The van der Waals surface area contributed by atoms with Crippen LogP contribution < -0.4 is 0 Å². The van der Waals surface area contributed by atoms with Crippen LogP contribution in [0.4, 0.5) is 4.79 Å². The SMILES string of the molecule is CCC(C)N(C)C(=O)N1CC(C)(OCC(=O)O)C1. The van der Waals surface area contributed by atoms with Crippen LogP contribution in [0.5, 0.6) is 0 Å². The fourth-order valence-corrected chi connectivity index (χ4v) is 1.91. The zero-order valence-corrected chi connectivity index (χ0v) is 11.5. The fraction of sp³-hybridized carbons (Fsp3) is 0.833. The van der Waals surface area contributed by atoms with Crippen LogP contribution in [0, 0.1) is 0 Å². The van der Waals surface area contributed by atoms with E-state index in [-0.39, 0.29) is 18.7 Å². The molecule has 0 saturated carbocycles. The zero-order valence-electron chi connectivity index (χ0n) is 11.5. The van der Waals surface area contributed by atoms with Crippen LogP contribution in [-0.4, -0.2) is 65.3 Å². The van der Waals surface area contributed by atoms with Gasteiger partial charge in [0.05, 0.1) is 13.1 Å². The molecule has 0 aromatic rings. The first kappa shape index (κ1) is 14.8. The van der Waals surface area contributed by atoms with Crippen molar-refractivity contribution in [3.63, 3.8) is 0 Å². The molecular weight excluding hydrogens is 236 g/mol. The van der Waals surface area contributed by atoms with Crippen molar-refractivity contribution in [2.75, 3.05) is 26.7 Å². The third-order valence-corrected chi connectivity index (χ3v) is 3.42. The van der Waals surface area contributed by atoms with Crippen LogP contribution in [0.3, 0.4) is 0 Å². The fourth-order valence-electron chi connectivity index (χ4n) is 1.91. The highest BCUT2D eigenvalue weighted by molar-refractivity contribution is 5.75. The molecule has 18 heavy (non-hydrogen) atoms. The quantitative estimate of drug-likeness (QED) is 0.799. The van der Waals surface area contributed by atoms with Gasteiger partial charge in [0.1, 0.15) is 12.2 Å². The molecule has 1 saturated heterocycles. The molecular formula is C12H22N2O4. The minimum Gasteiger partial charge on any atom is -0.480 e. The monoisotopic (exact) mass is 258 g/mol. The minimum absolute atomic E-state index is 0.0271. The third kappa shape index (κ3) is 3.35. The Kier molecular flexibility index (Phi) is 4.56. The number of aliphatic carboxylic acids is 1. The number of likely N-dealkylation sites (tertiary alicyclic amines) is 1. The van der Waals surface area contributed by atoms with E-state index in [1.807, 2.05) is 20.8 Å². The number of carboxylic acid groups (broad SMARTS) is 1. The lowest BCUT2D eigenvalue weighted by Crippen LogP contribution is -2.65. The van der Waals surface area contributed by atoms with Crippen molar-refractivity contribution in [1.29, 1.82) is 0 Å². The van der Waals surface area contributed by atoms with Crippen molar-refractivity contribution in [2.24, 2.45) is 0 Å². The number of amides is 2. The highest BCUT2D eigenvalue weighted by Crippen LogP contribution is 2.26. The van der Waals surface area contributed by atoms with E-state index in [2.05, 4.69) is 0 Å². The van der Waals surface area contributed by atoms with Gasteiger partial charge in [-0.05, 0) is 20.3 Å². The van der Waals surface area contributed by atoms with Crippen molar-refractivity contribution in [3.8, 4) is 0 Å². The molecule has 6 nitrogen and oxygen atoms in total. The Balaban J connectivity index is 2.41. The van der Waals surface area contributed by atoms with Gasteiger partial charge in [0.25, 0.3) is 0 Å². The number of hydrogen-bond donors (Lipinski definition) is 1. The molecule has 0 radical (unpaired) electrons. The molecule has 1 aliphatic rings. The van der Waals surface area contributed by atoms with Crippen molar-refractivity contribution < 1.29 is 19.4 Å². The Labute approximate surface area is 107 Å². The average molecular weight is 258 g/mol. The summed E-state index contributed by atoms with van der Waals surface area (Å²) in [6.07, 6.45) is 0.906. The summed E-state index contributed by atoms with van der Waals surface area (Å²) < 4.78 is 5.26. The molecule has 0 aromatic carbocycles. The predicted molar refractivity (Wildman–Crippen MR) is 66.5 cm³/mol. The molecule has 6 heteroatoms. The number of ether oxygens (including phenoxy) is 1. The standard InChI is InChI=1S/C12H22N2O4/c1-5-9(2)13(4)11(17)14-7-12(3,8-14)18-6-10(15)16/h9H,5-8H2,1-4H3,(H,15,16). The molecule has 1 fully saturated rings. The summed E-state index contributed by atoms with van der Waals surface area (Å²) in [6.45, 7) is 6.42. The molecule has 1 rings (SSSR count). The molecule has 1 heterocycles. The largest absolute Gasteiger partial charge is 0.480 e. The Morgan fingerprint density at radius 2 is 2.06 bits per heavy atom. The van der Waals surface area contributed by atoms with E-state index in [4.69, 9.17) is 9.84 Å². The van der Waals surface area contributed by atoms with Crippen LogP contribution in [0.15, 0.2) is 0 Å². The van der Waals surface area contributed by atoms with Crippen molar-refractivity contribution in [1.82, 2.24) is 9.80 Å². The molecule has 1 N–H and O–H groups in total. The van der Waals surface area contributed by atoms with Crippen molar-refractivity contribution >= 4 is 12.0 Å². The van der Waals surface area contributed by atoms with Crippen LogP contribution in [0.2, 0.25) is 0 Å². The number of rotatable bonds is 5. The number of nitrogens with zero attached hydrogens (tertiary/aromatic N) is 2. The number of carboxylic acids is 1. The van der Waals surface area contributed by atoms with Gasteiger partial charge >= 0.3 is 12.0 Å².